The van der Waals surface area contributed by atoms with Crippen molar-refractivity contribution in [3.8, 4) is 0 Å². The fourth-order valence-electron chi connectivity index (χ4n) is 5.49. The molecule has 2 aromatic carbocycles. The number of halogens is 3. The maximum absolute atomic E-state index is 14.1. The summed E-state index contributed by atoms with van der Waals surface area (Å²) in [4.78, 5) is 2.20. The molecule has 0 aromatic heterocycles. The zero-order valence-electron chi connectivity index (χ0n) is 15.6. The van der Waals surface area contributed by atoms with Gasteiger partial charge in [0.2, 0.25) is 0 Å². The molecule has 2 atom stereocenters. The highest BCUT2D eigenvalue weighted by Gasteiger charge is 2.46. The van der Waals surface area contributed by atoms with Crippen LogP contribution in [0.25, 0.3) is 0 Å². The fraction of sp³-hybridized carbons (Fsp3) is 0.455. The number of fused-ring (bicyclic) bond motifs is 2. The second-order valence-corrected chi connectivity index (χ2v) is 8.24. The van der Waals surface area contributed by atoms with Crippen molar-refractivity contribution in [2.75, 3.05) is 36.8 Å². The molecule has 2 unspecified atom stereocenters. The van der Waals surface area contributed by atoms with E-state index in [1.807, 2.05) is 30.3 Å². The Hall–Kier alpha value is -2.21. The molecule has 6 heteroatoms. The van der Waals surface area contributed by atoms with Gasteiger partial charge in [0.1, 0.15) is 0 Å². The lowest BCUT2D eigenvalue weighted by atomic mass is 9.74. The quantitative estimate of drug-likeness (QED) is 0.767. The van der Waals surface area contributed by atoms with Crippen molar-refractivity contribution in [3.63, 3.8) is 0 Å². The molecule has 3 heterocycles. The summed E-state index contributed by atoms with van der Waals surface area (Å²) in [6.45, 7) is 3.40. The van der Waals surface area contributed by atoms with Gasteiger partial charge in [-0.25, -0.2) is 0 Å². The number of nitrogens with two attached hydrogens (primary N) is 1. The number of anilines is 2. The molecule has 0 spiro atoms. The highest BCUT2D eigenvalue weighted by atomic mass is 19.4. The molecule has 148 valence electrons. The van der Waals surface area contributed by atoms with Gasteiger partial charge < -0.3 is 16.0 Å². The summed E-state index contributed by atoms with van der Waals surface area (Å²) in [7, 11) is 0. The number of nitrogens with one attached hydrogen (secondary N) is 1. The number of hydrogen-bond donors (Lipinski definition) is 2. The molecular formula is C22H24F3N3. The molecule has 0 saturated carbocycles. The third kappa shape index (κ3) is 2.69. The molecule has 1 fully saturated rings. The van der Waals surface area contributed by atoms with Crippen LogP contribution in [0.4, 0.5) is 24.5 Å². The van der Waals surface area contributed by atoms with Crippen LogP contribution in [-0.2, 0) is 19.0 Å². The van der Waals surface area contributed by atoms with E-state index in [9.17, 15) is 13.2 Å². The van der Waals surface area contributed by atoms with Gasteiger partial charge in [0.05, 0.1) is 5.56 Å². The monoisotopic (exact) mass is 387 g/mol. The third-order valence-electron chi connectivity index (χ3n) is 6.61. The molecule has 1 saturated heterocycles. The van der Waals surface area contributed by atoms with Gasteiger partial charge in [-0.05, 0) is 47.4 Å². The Labute approximate surface area is 162 Å². The number of hydrogen-bond acceptors (Lipinski definition) is 3. The predicted octanol–water partition coefficient (Wildman–Crippen LogP) is 3.95. The topological polar surface area (TPSA) is 41.3 Å². The van der Waals surface area contributed by atoms with Gasteiger partial charge >= 0.3 is 6.18 Å². The third-order valence-corrected chi connectivity index (χ3v) is 6.61. The molecule has 3 aliphatic heterocycles. The summed E-state index contributed by atoms with van der Waals surface area (Å²) in [6, 6.07) is 9.69. The normalized spacial score (nSPS) is 23.5. The van der Waals surface area contributed by atoms with Crippen LogP contribution in [-0.4, -0.2) is 26.2 Å². The van der Waals surface area contributed by atoms with E-state index in [1.54, 1.807) is 0 Å². The van der Waals surface area contributed by atoms with E-state index in [0.29, 0.717) is 29.9 Å². The summed E-state index contributed by atoms with van der Waals surface area (Å²) in [5.74, 6) is 0.676. The van der Waals surface area contributed by atoms with Gasteiger partial charge in [0, 0.05) is 43.5 Å². The van der Waals surface area contributed by atoms with Crippen LogP contribution in [0.1, 0.15) is 40.2 Å². The molecule has 5 rings (SSSR count). The lowest BCUT2D eigenvalue weighted by Gasteiger charge is -2.44. The molecule has 0 radical (unpaired) electrons. The van der Waals surface area contributed by atoms with Gasteiger partial charge in [-0.15, -0.1) is 0 Å². The number of alkyl halides is 3. The summed E-state index contributed by atoms with van der Waals surface area (Å²) in [6.07, 6.45) is -2.80. The maximum atomic E-state index is 14.1. The van der Waals surface area contributed by atoms with E-state index in [2.05, 4.69) is 10.2 Å². The number of benzene rings is 2. The van der Waals surface area contributed by atoms with Crippen molar-refractivity contribution in [3.05, 3.63) is 58.1 Å². The minimum atomic E-state index is -4.44. The lowest BCUT2D eigenvalue weighted by molar-refractivity contribution is -0.137. The van der Waals surface area contributed by atoms with E-state index >= 15 is 0 Å². The average molecular weight is 387 g/mol. The summed E-state index contributed by atoms with van der Waals surface area (Å²) in [5.41, 5.74) is 9.68. The number of nitrogens with zero attached hydrogens (tertiary/aromatic N) is 1. The fourth-order valence-corrected chi connectivity index (χ4v) is 5.49. The van der Waals surface area contributed by atoms with Gasteiger partial charge in [0.25, 0.3) is 0 Å². The Morgan fingerprint density at radius 1 is 1.14 bits per heavy atom. The maximum Gasteiger partial charge on any atom is 0.418 e. The average Bonchev–Trinajstić information content (AvgIpc) is 3.12. The molecule has 0 bridgehead atoms. The van der Waals surface area contributed by atoms with Crippen LogP contribution in [0.15, 0.2) is 30.3 Å². The molecule has 0 amide bonds. The second kappa shape index (κ2) is 6.41. The van der Waals surface area contributed by atoms with Crippen LogP contribution in [0.2, 0.25) is 0 Å². The SMILES string of the molecule is Nc1c(Cc2ccccc2)c2c3c(c1C(F)(F)F)CCCN3CC1CNCC21. The van der Waals surface area contributed by atoms with E-state index in [-0.39, 0.29) is 11.6 Å². The van der Waals surface area contributed by atoms with Crippen LogP contribution >= 0.6 is 0 Å². The molecule has 3 N–H and O–H groups in total. The predicted molar refractivity (Wildman–Crippen MR) is 105 cm³/mol. The molecular weight excluding hydrogens is 363 g/mol. The lowest BCUT2D eigenvalue weighted by Crippen LogP contribution is -2.42. The highest BCUT2D eigenvalue weighted by molar-refractivity contribution is 5.78. The Morgan fingerprint density at radius 2 is 1.93 bits per heavy atom. The first kappa shape index (κ1) is 17.9. The van der Waals surface area contributed by atoms with Gasteiger partial charge in [0.15, 0.2) is 0 Å². The van der Waals surface area contributed by atoms with Gasteiger partial charge in [-0.2, -0.15) is 13.2 Å². The largest absolute Gasteiger partial charge is 0.418 e. The molecule has 3 aliphatic rings. The molecule has 3 nitrogen and oxygen atoms in total. The van der Waals surface area contributed by atoms with Crippen LogP contribution in [0, 0.1) is 5.92 Å². The second-order valence-electron chi connectivity index (χ2n) is 8.24. The highest BCUT2D eigenvalue weighted by Crippen LogP contribution is 2.53. The Bertz CT molecular complexity index is 908. The zero-order valence-corrected chi connectivity index (χ0v) is 15.6. The molecule has 0 aliphatic carbocycles. The van der Waals surface area contributed by atoms with Crippen LogP contribution < -0.4 is 16.0 Å². The van der Waals surface area contributed by atoms with E-state index in [0.717, 1.165) is 49.4 Å². The van der Waals surface area contributed by atoms with E-state index < -0.39 is 11.7 Å². The van der Waals surface area contributed by atoms with Crippen molar-refractivity contribution in [1.29, 1.82) is 0 Å². The Balaban J connectivity index is 1.79. The van der Waals surface area contributed by atoms with Gasteiger partial charge in [-0.1, -0.05) is 30.3 Å². The minimum Gasteiger partial charge on any atom is -0.398 e. The number of rotatable bonds is 2. The van der Waals surface area contributed by atoms with Crippen molar-refractivity contribution in [2.24, 2.45) is 5.92 Å². The summed E-state index contributed by atoms with van der Waals surface area (Å²) >= 11 is 0. The van der Waals surface area contributed by atoms with Crippen LogP contribution in [0.5, 0.6) is 0 Å². The standard InChI is InChI=1S/C22H24F3N3/c23-22(24,25)19-15-7-4-8-28-12-14-10-27-11-17(14)18(21(15)28)16(20(19)26)9-13-5-2-1-3-6-13/h1-3,5-6,14,17,27H,4,7-12,26H2. The summed E-state index contributed by atoms with van der Waals surface area (Å²) in [5, 5.41) is 3.46. The molecule has 2 aromatic rings. The van der Waals surface area contributed by atoms with Crippen molar-refractivity contribution in [2.45, 2.75) is 31.4 Å². The van der Waals surface area contributed by atoms with Crippen molar-refractivity contribution >= 4 is 11.4 Å². The van der Waals surface area contributed by atoms with E-state index in [1.165, 1.54) is 0 Å². The van der Waals surface area contributed by atoms with Gasteiger partial charge in [-0.3, -0.25) is 0 Å². The first-order valence-electron chi connectivity index (χ1n) is 9.99. The summed E-state index contributed by atoms with van der Waals surface area (Å²) < 4.78 is 42.3. The smallest absolute Gasteiger partial charge is 0.398 e. The van der Waals surface area contributed by atoms with E-state index in [4.69, 9.17) is 5.73 Å². The Kier molecular flexibility index (Phi) is 4.09. The first-order valence-corrected chi connectivity index (χ1v) is 9.99. The zero-order chi connectivity index (χ0) is 19.5. The first-order chi connectivity index (χ1) is 13.4. The number of nitrogen functional groups attached to an aromatic ring is 1. The molecule has 28 heavy (non-hydrogen) atoms. The Morgan fingerprint density at radius 3 is 2.68 bits per heavy atom. The minimum absolute atomic E-state index is 0.0560. The van der Waals surface area contributed by atoms with Crippen LogP contribution in [0.3, 0.4) is 0 Å². The van der Waals surface area contributed by atoms with Crippen molar-refractivity contribution in [1.82, 2.24) is 5.32 Å². The van der Waals surface area contributed by atoms with Crippen molar-refractivity contribution < 1.29 is 13.2 Å².